The molecule has 1 aliphatic carbocycles. The van der Waals surface area contributed by atoms with Crippen LogP contribution in [0.2, 0.25) is 0 Å². The van der Waals surface area contributed by atoms with Crippen LogP contribution < -0.4 is 4.74 Å². The summed E-state index contributed by atoms with van der Waals surface area (Å²) >= 11 is 0. The molecule has 3 aromatic carbocycles. The second kappa shape index (κ2) is 11.5. The molecule has 4 rings (SSSR count). The number of halogens is 6. The number of hydrogen-bond acceptors (Lipinski definition) is 4. The average Bonchev–Trinajstić information content (AvgIpc) is 2.92. The molecule has 0 saturated heterocycles. The Morgan fingerprint density at radius 2 is 1.67 bits per heavy atom. The molecule has 0 aromatic heterocycles. The Balaban J connectivity index is 1.52. The highest BCUT2D eigenvalue weighted by atomic mass is 19.2. The van der Waals surface area contributed by atoms with Gasteiger partial charge in [-0.1, -0.05) is 37.6 Å². The van der Waals surface area contributed by atoms with Crippen LogP contribution in [-0.4, -0.2) is 16.2 Å². The molecule has 0 saturated carbocycles. The molecule has 2 N–H and O–H groups in total. The number of benzene rings is 3. The Kier molecular flexibility index (Phi) is 8.34. The molecule has 0 fully saturated rings. The normalized spacial score (nSPS) is 16.1. The number of rotatable bonds is 7. The van der Waals surface area contributed by atoms with E-state index < -0.39 is 70.0 Å². The third-order valence-electron chi connectivity index (χ3n) is 6.79. The number of phenols is 1. The van der Waals surface area contributed by atoms with Crippen LogP contribution in [-0.2, 0) is 0 Å². The minimum absolute atomic E-state index is 0.111. The molecule has 0 heterocycles. The maximum atomic E-state index is 14.9. The van der Waals surface area contributed by atoms with Crippen molar-refractivity contribution in [3.05, 3.63) is 99.6 Å². The number of esters is 1. The number of carbonyl (C=O) groups excluding carboxylic acids is 1. The minimum atomic E-state index is -1.68. The van der Waals surface area contributed by atoms with E-state index >= 15 is 0 Å². The molecule has 0 amide bonds. The third kappa shape index (κ3) is 5.52. The van der Waals surface area contributed by atoms with Crippen molar-refractivity contribution < 1.29 is 46.1 Å². The van der Waals surface area contributed by atoms with Gasteiger partial charge in [0.15, 0.2) is 34.8 Å². The molecule has 206 valence electrons. The van der Waals surface area contributed by atoms with Gasteiger partial charge in [0.1, 0.15) is 0 Å². The summed E-state index contributed by atoms with van der Waals surface area (Å²) < 4.78 is 91.1. The van der Waals surface area contributed by atoms with Crippen molar-refractivity contribution in [1.29, 1.82) is 0 Å². The van der Waals surface area contributed by atoms with E-state index in [1.165, 1.54) is 12.1 Å². The number of aromatic hydroxyl groups is 1. The molecule has 1 aliphatic rings. The van der Waals surface area contributed by atoms with Crippen LogP contribution in [0.15, 0.2) is 42.5 Å². The van der Waals surface area contributed by atoms with Gasteiger partial charge >= 0.3 is 5.97 Å². The summed E-state index contributed by atoms with van der Waals surface area (Å²) in [5.41, 5.74) is -0.599. The smallest absolute Gasteiger partial charge is 0.346 e. The minimum Gasteiger partial charge on any atom is -0.505 e. The van der Waals surface area contributed by atoms with Crippen molar-refractivity contribution in [3.63, 3.8) is 0 Å². The van der Waals surface area contributed by atoms with Gasteiger partial charge in [-0.05, 0) is 60.9 Å². The molecular formula is C29H24F6O4. The molecule has 39 heavy (non-hydrogen) atoms. The molecule has 3 aromatic rings. The lowest BCUT2D eigenvalue weighted by Gasteiger charge is -2.24. The molecular weight excluding hydrogens is 526 g/mol. The predicted octanol–water partition coefficient (Wildman–Crippen LogP) is 7.63. The highest BCUT2D eigenvalue weighted by Gasteiger charge is 2.28. The van der Waals surface area contributed by atoms with Crippen molar-refractivity contribution in [3.8, 4) is 11.5 Å². The maximum Gasteiger partial charge on any atom is 0.346 e. The van der Waals surface area contributed by atoms with Crippen LogP contribution in [0.25, 0.3) is 5.57 Å². The molecule has 4 nitrogen and oxygen atoms in total. The standard InChI is InChI=1S/C29H24F6O4/c1-2-3-20(36)18-10-8-16(23(30)25(18)32)14-4-6-15(7-5-14)17-9-11-19(26(33)24(17)31)29(38)39-22-13-12-21(37)27(34)28(22)35/h6,8-14,20,36-37H,2-5,7H2,1H3. The second-order valence-corrected chi connectivity index (χ2v) is 9.27. The molecule has 0 radical (unpaired) electrons. The molecule has 0 bridgehead atoms. The van der Waals surface area contributed by atoms with E-state index in [2.05, 4.69) is 4.74 Å². The summed E-state index contributed by atoms with van der Waals surface area (Å²) in [6.45, 7) is 1.81. The van der Waals surface area contributed by atoms with E-state index in [1.54, 1.807) is 6.08 Å². The van der Waals surface area contributed by atoms with E-state index in [-0.39, 0.29) is 36.0 Å². The van der Waals surface area contributed by atoms with Crippen molar-refractivity contribution in [1.82, 2.24) is 0 Å². The molecule has 2 unspecified atom stereocenters. The fraction of sp³-hybridized carbons (Fsp3) is 0.276. The quantitative estimate of drug-likeness (QED) is 0.180. The largest absolute Gasteiger partial charge is 0.505 e. The van der Waals surface area contributed by atoms with Gasteiger partial charge in [-0.25, -0.2) is 22.4 Å². The van der Waals surface area contributed by atoms with Crippen LogP contribution in [0, 0.1) is 34.9 Å². The number of carbonyl (C=O) groups is 1. The van der Waals surface area contributed by atoms with Crippen molar-refractivity contribution in [2.45, 2.75) is 51.0 Å². The van der Waals surface area contributed by atoms with Crippen LogP contribution >= 0.6 is 0 Å². The Bertz CT molecular complexity index is 1450. The Hall–Kier alpha value is -3.79. The molecule has 0 aliphatic heterocycles. The number of allylic oxidation sites excluding steroid dienone is 2. The summed E-state index contributed by atoms with van der Waals surface area (Å²) in [4.78, 5) is 12.3. The van der Waals surface area contributed by atoms with Gasteiger partial charge in [0.2, 0.25) is 11.6 Å². The predicted molar refractivity (Wildman–Crippen MR) is 130 cm³/mol. The zero-order valence-electron chi connectivity index (χ0n) is 20.7. The van der Waals surface area contributed by atoms with Gasteiger partial charge in [0, 0.05) is 11.1 Å². The van der Waals surface area contributed by atoms with Crippen LogP contribution in [0.3, 0.4) is 0 Å². The van der Waals surface area contributed by atoms with Crippen molar-refractivity contribution >= 4 is 11.5 Å². The average molecular weight is 550 g/mol. The van der Waals surface area contributed by atoms with Crippen LogP contribution in [0.1, 0.15) is 78.1 Å². The molecule has 10 heteroatoms. The van der Waals surface area contributed by atoms with Gasteiger partial charge in [0.05, 0.1) is 11.7 Å². The summed E-state index contributed by atoms with van der Waals surface area (Å²) in [7, 11) is 0. The first-order chi connectivity index (χ1) is 18.5. The summed E-state index contributed by atoms with van der Waals surface area (Å²) in [5.74, 6) is -12.3. The highest BCUT2D eigenvalue weighted by molar-refractivity contribution is 5.92. The van der Waals surface area contributed by atoms with E-state index in [1.807, 2.05) is 6.92 Å². The first-order valence-corrected chi connectivity index (χ1v) is 12.3. The van der Waals surface area contributed by atoms with E-state index in [4.69, 9.17) is 5.11 Å². The molecule has 2 atom stereocenters. The Morgan fingerprint density at radius 3 is 2.33 bits per heavy atom. The fourth-order valence-corrected chi connectivity index (χ4v) is 4.65. The lowest BCUT2D eigenvalue weighted by atomic mass is 9.81. The van der Waals surface area contributed by atoms with Gasteiger partial charge in [-0.3, -0.25) is 0 Å². The maximum absolute atomic E-state index is 14.9. The number of aliphatic hydroxyl groups excluding tert-OH is 1. The van der Waals surface area contributed by atoms with E-state index in [0.717, 1.165) is 24.3 Å². The van der Waals surface area contributed by atoms with Gasteiger partial charge < -0.3 is 14.9 Å². The van der Waals surface area contributed by atoms with E-state index in [0.29, 0.717) is 18.4 Å². The van der Waals surface area contributed by atoms with Crippen LogP contribution in [0.5, 0.6) is 11.5 Å². The van der Waals surface area contributed by atoms with Crippen LogP contribution in [0.4, 0.5) is 26.3 Å². The zero-order valence-corrected chi connectivity index (χ0v) is 20.7. The van der Waals surface area contributed by atoms with E-state index in [9.17, 15) is 36.2 Å². The number of aliphatic hydroxyl groups is 1. The van der Waals surface area contributed by atoms with Crippen molar-refractivity contribution in [2.75, 3.05) is 0 Å². The molecule has 0 spiro atoms. The number of hydrogen-bond donors (Lipinski definition) is 2. The van der Waals surface area contributed by atoms with Gasteiger partial charge in [-0.15, -0.1) is 0 Å². The Labute approximate surface area is 220 Å². The highest BCUT2D eigenvalue weighted by Crippen LogP contribution is 2.39. The van der Waals surface area contributed by atoms with Crippen molar-refractivity contribution in [2.24, 2.45) is 0 Å². The lowest BCUT2D eigenvalue weighted by Crippen LogP contribution is -2.14. The zero-order chi connectivity index (χ0) is 28.4. The lowest BCUT2D eigenvalue weighted by molar-refractivity contribution is 0.0720. The first-order valence-electron chi connectivity index (χ1n) is 12.3. The number of phenolic OH excluding ortho intramolecular Hbond substituents is 1. The summed E-state index contributed by atoms with van der Waals surface area (Å²) in [5, 5.41) is 19.2. The fourth-order valence-electron chi connectivity index (χ4n) is 4.65. The topological polar surface area (TPSA) is 66.8 Å². The monoisotopic (exact) mass is 550 g/mol. The number of ether oxygens (including phenoxy) is 1. The van der Waals surface area contributed by atoms with Gasteiger partial charge in [0.25, 0.3) is 0 Å². The second-order valence-electron chi connectivity index (χ2n) is 9.27. The Morgan fingerprint density at radius 1 is 0.923 bits per heavy atom. The third-order valence-corrected chi connectivity index (χ3v) is 6.79. The van der Waals surface area contributed by atoms with Gasteiger partial charge in [-0.2, -0.15) is 8.78 Å². The SMILES string of the molecule is CCCC(O)c1ccc(C2CC=C(c3ccc(C(=O)Oc4ccc(O)c(F)c4F)c(F)c3F)CC2)c(F)c1F. The summed E-state index contributed by atoms with van der Waals surface area (Å²) in [6.07, 6.45) is 2.05. The first kappa shape index (κ1) is 28.2. The summed E-state index contributed by atoms with van der Waals surface area (Å²) in [6, 6.07) is 6.35.